The van der Waals surface area contributed by atoms with Crippen LogP contribution < -0.4 is 10.6 Å². The molecule has 2 aromatic rings. The highest BCUT2D eigenvalue weighted by Crippen LogP contribution is 2.44. The summed E-state index contributed by atoms with van der Waals surface area (Å²) in [6, 6.07) is 14.8. The lowest BCUT2D eigenvalue weighted by Gasteiger charge is -2.19. The van der Waals surface area contributed by atoms with Gasteiger partial charge in [-0.2, -0.15) is 0 Å². The maximum atomic E-state index is 12.4. The van der Waals surface area contributed by atoms with Crippen molar-refractivity contribution in [3.8, 4) is 11.1 Å². The molecule has 2 atom stereocenters. The average Bonchev–Trinajstić information content (AvgIpc) is 3.07. The van der Waals surface area contributed by atoms with Gasteiger partial charge in [0.05, 0.1) is 6.10 Å². The van der Waals surface area contributed by atoms with Gasteiger partial charge in [-0.15, -0.1) is 0 Å². The highest BCUT2D eigenvalue weighted by molar-refractivity contribution is 5.86. The van der Waals surface area contributed by atoms with E-state index < -0.39 is 30.1 Å². The molecule has 0 radical (unpaired) electrons. The van der Waals surface area contributed by atoms with Gasteiger partial charge >= 0.3 is 12.1 Å². The van der Waals surface area contributed by atoms with E-state index in [2.05, 4.69) is 10.6 Å². The highest BCUT2D eigenvalue weighted by atomic mass is 16.5. The number of fused-ring (bicyclic) bond motifs is 3. The van der Waals surface area contributed by atoms with Crippen molar-refractivity contribution in [1.29, 1.82) is 0 Å². The van der Waals surface area contributed by atoms with Crippen molar-refractivity contribution in [2.75, 3.05) is 13.2 Å². The number of carboxylic acids is 1. The van der Waals surface area contributed by atoms with Gasteiger partial charge in [0.1, 0.15) is 12.6 Å². The van der Waals surface area contributed by atoms with Crippen molar-refractivity contribution in [3.05, 3.63) is 59.7 Å². The monoisotopic (exact) mass is 426 g/mol. The molecule has 8 heteroatoms. The summed E-state index contributed by atoms with van der Waals surface area (Å²) in [4.78, 5) is 35.6. The van der Waals surface area contributed by atoms with Crippen LogP contribution in [0, 0.1) is 0 Å². The number of amides is 2. The van der Waals surface area contributed by atoms with Crippen molar-refractivity contribution in [1.82, 2.24) is 10.6 Å². The molecule has 0 saturated heterocycles. The molecule has 8 nitrogen and oxygen atoms in total. The molecule has 0 bridgehead atoms. The third-order valence-electron chi connectivity index (χ3n) is 5.17. The number of ether oxygens (including phenoxy) is 1. The quantitative estimate of drug-likeness (QED) is 0.487. The van der Waals surface area contributed by atoms with Gasteiger partial charge in [-0.1, -0.05) is 48.5 Å². The highest BCUT2D eigenvalue weighted by Gasteiger charge is 2.30. The second kappa shape index (κ2) is 10.1. The molecule has 2 amide bonds. The lowest BCUT2D eigenvalue weighted by Crippen LogP contribution is -2.48. The van der Waals surface area contributed by atoms with E-state index in [0.717, 1.165) is 22.3 Å². The fraction of sp³-hybridized carbons (Fsp3) is 0.348. The largest absolute Gasteiger partial charge is 0.481 e. The van der Waals surface area contributed by atoms with Crippen LogP contribution in [-0.2, 0) is 14.3 Å². The van der Waals surface area contributed by atoms with Gasteiger partial charge < -0.3 is 25.6 Å². The molecular formula is C23H26N2O6. The summed E-state index contributed by atoms with van der Waals surface area (Å²) in [5, 5.41) is 23.2. The summed E-state index contributed by atoms with van der Waals surface area (Å²) in [7, 11) is 0. The van der Waals surface area contributed by atoms with Crippen LogP contribution in [-0.4, -0.2) is 53.5 Å². The normalized spacial score (nSPS) is 14.1. The minimum Gasteiger partial charge on any atom is -0.481 e. The number of carbonyl (C=O) groups excluding carboxylic acids is 2. The Labute approximate surface area is 180 Å². The molecule has 164 valence electrons. The number of carbonyl (C=O) groups is 3. The molecule has 1 aliphatic rings. The molecular weight excluding hydrogens is 400 g/mol. The number of hydrogen-bond acceptors (Lipinski definition) is 5. The molecule has 0 spiro atoms. The first-order valence-corrected chi connectivity index (χ1v) is 10.2. The summed E-state index contributed by atoms with van der Waals surface area (Å²) in [6.45, 7) is 1.58. The van der Waals surface area contributed by atoms with Crippen molar-refractivity contribution in [3.63, 3.8) is 0 Å². The van der Waals surface area contributed by atoms with Gasteiger partial charge in [0.2, 0.25) is 5.91 Å². The number of hydrogen-bond donors (Lipinski definition) is 4. The Morgan fingerprint density at radius 1 is 1.03 bits per heavy atom. The second-order valence-electron chi connectivity index (χ2n) is 7.55. The van der Waals surface area contributed by atoms with Crippen LogP contribution in [0.15, 0.2) is 48.5 Å². The maximum Gasteiger partial charge on any atom is 0.407 e. The Bertz CT molecular complexity index is 913. The van der Waals surface area contributed by atoms with Gasteiger partial charge in [0.15, 0.2) is 0 Å². The zero-order valence-electron chi connectivity index (χ0n) is 17.2. The van der Waals surface area contributed by atoms with Gasteiger partial charge in [-0.3, -0.25) is 9.59 Å². The van der Waals surface area contributed by atoms with E-state index in [0.29, 0.717) is 0 Å². The maximum absolute atomic E-state index is 12.4. The van der Waals surface area contributed by atoms with E-state index in [-0.39, 0.29) is 31.9 Å². The van der Waals surface area contributed by atoms with Gasteiger partial charge in [-0.25, -0.2) is 4.79 Å². The molecule has 4 N–H and O–H groups in total. The first-order valence-electron chi connectivity index (χ1n) is 10.2. The van der Waals surface area contributed by atoms with E-state index in [1.54, 1.807) is 0 Å². The fourth-order valence-electron chi connectivity index (χ4n) is 3.69. The molecule has 0 fully saturated rings. The number of aliphatic hydroxyl groups is 1. The Morgan fingerprint density at radius 2 is 1.61 bits per heavy atom. The molecule has 0 aliphatic heterocycles. The second-order valence-corrected chi connectivity index (χ2v) is 7.55. The predicted octanol–water partition coefficient (Wildman–Crippen LogP) is 2.26. The van der Waals surface area contributed by atoms with Crippen LogP contribution in [0.5, 0.6) is 0 Å². The predicted molar refractivity (Wildman–Crippen MR) is 114 cm³/mol. The molecule has 0 aromatic heterocycles. The van der Waals surface area contributed by atoms with Crippen LogP contribution in [0.4, 0.5) is 4.79 Å². The Kier molecular flexibility index (Phi) is 7.25. The van der Waals surface area contributed by atoms with Crippen molar-refractivity contribution in [2.45, 2.75) is 37.8 Å². The summed E-state index contributed by atoms with van der Waals surface area (Å²) in [5.41, 5.74) is 4.33. The Balaban J connectivity index is 1.64. The summed E-state index contributed by atoms with van der Waals surface area (Å²) in [6.07, 6.45) is -1.95. The zero-order chi connectivity index (χ0) is 22.4. The van der Waals surface area contributed by atoms with Crippen LogP contribution in [0.1, 0.15) is 36.8 Å². The lowest BCUT2D eigenvalue weighted by atomic mass is 9.98. The third-order valence-corrected chi connectivity index (χ3v) is 5.17. The van der Waals surface area contributed by atoms with Crippen LogP contribution in [0.3, 0.4) is 0 Å². The van der Waals surface area contributed by atoms with Crippen molar-refractivity contribution in [2.24, 2.45) is 0 Å². The number of rotatable bonds is 9. The van der Waals surface area contributed by atoms with Gasteiger partial charge in [0, 0.05) is 18.9 Å². The Hall–Kier alpha value is -3.39. The lowest BCUT2D eigenvalue weighted by molar-refractivity contribution is -0.137. The first-order chi connectivity index (χ1) is 14.9. The van der Waals surface area contributed by atoms with Gasteiger partial charge in [-0.05, 0) is 35.6 Å². The number of benzene rings is 2. The van der Waals surface area contributed by atoms with Gasteiger partial charge in [0.25, 0.3) is 0 Å². The first kappa shape index (κ1) is 22.3. The molecule has 1 aliphatic carbocycles. The smallest absolute Gasteiger partial charge is 0.407 e. The van der Waals surface area contributed by atoms with E-state index in [9.17, 15) is 19.5 Å². The topological polar surface area (TPSA) is 125 Å². The van der Waals surface area contributed by atoms with Crippen molar-refractivity contribution < 1.29 is 29.3 Å². The van der Waals surface area contributed by atoms with E-state index >= 15 is 0 Å². The van der Waals surface area contributed by atoms with Crippen molar-refractivity contribution >= 4 is 18.0 Å². The zero-order valence-corrected chi connectivity index (χ0v) is 17.2. The number of nitrogens with one attached hydrogen (secondary N) is 2. The number of aliphatic carboxylic acids is 1. The summed E-state index contributed by atoms with van der Waals surface area (Å²) < 4.78 is 5.43. The number of aliphatic hydroxyl groups excluding tert-OH is 1. The minimum absolute atomic E-state index is 0.00518. The SMILES string of the molecule is CC(O)CNC(=O)C(CCC(=O)O)NC(=O)OCC1c2ccccc2-c2ccccc21. The molecule has 31 heavy (non-hydrogen) atoms. The number of alkyl carbamates (subject to hydrolysis) is 1. The van der Waals surface area contributed by atoms with E-state index in [1.165, 1.54) is 6.92 Å². The Morgan fingerprint density at radius 3 is 2.16 bits per heavy atom. The molecule has 0 saturated carbocycles. The van der Waals surface area contributed by atoms with Crippen LogP contribution in [0.25, 0.3) is 11.1 Å². The minimum atomic E-state index is -1.08. The molecule has 0 heterocycles. The summed E-state index contributed by atoms with van der Waals surface area (Å²) >= 11 is 0. The molecule has 3 rings (SSSR count). The van der Waals surface area contributed by atoms with Crippen LogP contribution in [0.2, 0.25) is 0 Å². The molecule has 2 aromatic carbocycles. The molecule has 2 unspecified atom stereocenters. The third kappa shape index (κ3) is 5.61. The number of carboxylic acid groups (broad SMARTS) is 1. The standard InChI is InChI=1S/C23H26N2O6/c1-14(26)12-24-22(29)20(10-11-21(27)28)25-23(30)31-13-19-17-8-4-2-6-15(17)16-7-3-5-9-18(16)19/h2-9,14,19-20,26H,10-13H2,1H3,(H,24,29)(H,25,30)(H,27,28). The fourth-order valence-corrected chi connectivity index (χ4v) is 3.69. The van der Waals surface area contributed by atoms with E-state index in [1.807, 2.05) is 48.5 Å². The van der Waals surface area contributed by atoms with Crippen LogP contribution >= 0.6 is 0 Å². The van der Waals surface area contributed by atoms with E-state index in [4.69, 9.17) is 9.84 Å². The average molecular weight is 426 g/mol. The summed E-state index contributed by atoms with van der Waals surface area (Å²) in [5.74, 6) is -1.78.